The van der Waals surface area contributed by atoms with E-state index in [0.29, 0.717) is 172 Å². The Hall–Kier alpha value is -11.7. The van der Waals surface area contributed by atoms with Gasteiger partial charge in [-0.2, -0.15) is 54.8 Å². The van der Waals surface area contributed by atoms with Crippen LogP contribution in [0.2, 0.25) is 5.82 Å². The number of benzene rings is 3. The quantitative estimate of drug-likeness (QED) is 0.0417. The number of alkyl halides is 9. The van der Waals surface area contributed by atoms with E-state index in [1.54, 1.807) is 50.9 Å². The van der Waals surface area contributed by atoms with Gasteiger partial charge in [0.2, 0.25) is 17.7 Å². The van der Waals surface area contributed by atoms with Crippen molar-refractivity contribution in [3.8, 4) is 0 Å². The number of allylic oxidation sites excluding steroid dienone is 4. The molecule has 3 aromatic carbocycles. The summed E-state index contributed by atoms with van der Waals surface area (Å²) in [6.07, 6.45) is 15.1. The van der Waals surface area contributed by atoms with Gasteiger partial charge in [0, 0.05) is 98.1 Å². The number of halogens is 10. The highest BCUT2D eigenvalue weighted by molar-refractivity contribution is 9.10. The minimum Gasteiger partial charge on any atom is -0.427 e. The van der Waals surface area contributed by atoms with Crippen molar-refractivity contribution < 1.29 is 107 Å². The third-order valence-corrected chi connectivity index (χ3v) is 33.0. The van der Waals surface area contributed by atoms with Crippen LogP contribution in [0.1, 0.15) is 329 Å². The molecule has 0 radical (unpaired) electrons. The van der Waals surface area contributed by atoms with Crippen molar-refractivity contribution >= 4 is 126 Å². The van der Waals surface area contributed by atoms with Crippen LogP contribution in [0.4, 0.5) is 39.5 Å². The van der Waals surface area contributed by atoms with E-state index in [1.165, 1.54) is 49.2 Å². The number of Topliss-reactive ketones (excluding diaryl/α,β-unsaturated/α-hetero) is 9. The van der Waals surface area contributed by atoms with Crippen LogP contribution in [0.5, 0.6) is 0 Å². The lowest BCUT2D eigenvalue weighted by Crippen LogP contribution is -2.45. The van der Waals surface area contributed by atoms with E-state index < -0.39 is 71.7 Å². The molecular weight excluding hydrogens is 1990 g/mol. The first-order chi connectivity index (χ1) is 70.3. The summed E-state index contributed by atoms with van der Waals surface area (Å²) in [4.78, 5) is 178. The van der Waals surface area contributed by atoms with E-state index in [1.807, 2.05) is 30.4 Å². The molecule has 6 bridgehead atoms. The number of hydrogen-bond acceptors (Lipinski definition) is 20. The largest absolute Gasteiger partial charge is 0.454 e. The fourth-order valence-electron chi connectivity index (χ4n) is 23.7. The molecule has 2 N–H and O–H groups in total. The summed E-state index contributed by atoms with van der Waals surface area (Å²) in [5.74, 6) is -1.20. The molecule has 3 saturated heterocycles. The van der Waals surface area contributed by atoms with Gasteiger partial charge in [0.1, 0.15) is 71.1 Å². The Morgan fingerprint density at radius 3 is 1.05 bits per heavy atom. The second-order valence-electron chi connectivity index (χ2n) is 43.4. The first-order valence-electron chi connectivity index (χ1n) is 51.9. The van der Waals surface area contributed by atoms with Gasteiger partial charge in [-0.15, -0.1) is 0 Å². The number of rotatable bonds is 15. The molecule has 37 heteroatoms. The maximum atomic E-state index is 14.3. The summed E-state index contributed by atoms with van der Waals surface area (Å²) >= 11 is 3.54. The molecule has 9 aromatic rings. The van der Waals surface area contributed by atoms with Gasteiger partial charge in [-0.3, -0.25) is 71.6 Å². The summed E-state index contributed by atoms with van der Waals surface area (Å²) in [7, 11) is -1.04. The maximum absolute atomic E-state index is 14.3. The van der Waals surface area contributed by atoms with Gasteiger partial charge in [0.05, 0.1) is 71.0 Å². The van der Waals surface area contributed by atoms with E-state index in [-0.39, 0.29) is 161 Å². The SMILES string of the molecule is CC(=O)c1nn2c3c(cc(Br)cc13)C/C=C/CCCC(=O)CC[C@@]13C[C@@H](C(=O)Cc4nc(C(F)(F)F)ccc4C)N(C(=O)C2)[C@@H]1C3.CC(=O)c1nn2c3c(cc(C4CC4)cc13)C/C=C/CCCC(=O)CC[C@@]13C[C@@H](C(=O)Cc4nc(C(F)(F)F)ccc4C)N(C(=O)C2)[C@@H]1C3.CC(=O)c1nn2c3c(cc(C4CC4)cc13)CCCCCCC(=O)CC[C@@]13CC(C(=O)Cc4nc(C(F)(F)F)ccc4C)N(C(=O)C2)[C@@H]1C3.OB(O)C1CC1. The number of piperidine rings is 3. The Labute approximate surface area is 858 Å². The first kappa shape index (κ1) is 106. The molecule has 148 heavy (non-hydrogen) atoms. The molecule has 3 amide bonds. The molecular formula is C111H121BBrF9N12O14. The smallest absolute Gasteiger partial charge is 0.427 e. The first-order valence-corrected chi connectivity index (χ1v) is 52.7. The monoisotopic (exact) mass is 2110 g/mol. The van der Waals surface area contributed by atoms with Crippen LogP contribution in [0.15, 0.2) is 102 Å². The van der Waals surface area contributed by atoms with E-state index in [9.17, 15) is 97.0 Å². The number of ketones is 9. The van der Waals surface area contributed by atoms with Crippen molar-refractivity contribution in [2.24, 2.45) is 16.2 Å². The van der Waals surface area contributed by atoms with Gasteiger partial charge in [0.15, 0.2) is 34.7 Å². The van der Waals surface area contributed by atoms with Gasteiger partial charge in [0.25, 0.3) is 0 Å². The summed E-state index contributed by atoms with van der Waals surface area (Å²) in [5.41, 5.74) is 5.34. The Morgan fingerprint density at radius 1 is 0.399 bits per heavy atom. The molecule has 12 heterocycles. The van der Waals surface area contributed by atoms with Gasteiger partial charge < -0.3 is 24.7 Å². The number of carbonyl (C=O) groups is 12. The number of carbonyl (C=O) groups excluding carboxylic acids is 12. The molecule has 6 aromatic heterocycles. The predicted octanol–water partition coefficient (Wildman–Crippen LogP) is 19.7. The molecule has 1 unspecified atom stereocenters. The summed E-state index contributed by atoms with van der Waals surface area (Å²) in [6.45, 7) is 8.62. The molecule has 782 valence electrons. The van der Waals surface area contributed by atoms with Crippen LogP contribution >= 0.6 is 15.9 Å². The summed E-state index contributed by atoms with van der Waals surface area (Å²) in [6, 6.07) is 15.4. The Balaban J connectivity index is 0.000000141. The zero-order chi connectivity index (χ0) is 105. The number of aryl methyl sites for hydroxylation is 4. The zero-order valence-corrected chi connectivity index (χ0v) is 85.4. The third-order valence-electron chi connectivity index (χ3n) is 32.5. The molecule has 6 aliphatic carbocycles. The second-order valence-corrected chi connectivity index (χ2v) is 44.3. The average Bonchev–Trinajstić information content (AvgIpc) is 1.54. The number of aromatic nitrogens is 9. The summed E-state index contributed by atoms with van der Waals surface area (Å²) < 4.78 is 127. The normalized spacial score (nSPS) is 24.9. The second kappa shape index (κ2) is 42.2. The van der Waals surface area contributed by atoms with Gasteiger partial charge >= 0.3 is 25.6 Å². The average molecular weight is 2110 g/mol. The molecule has 21 rings (SSSR count). The fraction of sp³-hybridized carbons (Fsp3) is 0.532. The predicted molar refractivity (Wildman–Crippen MR) is 533 cm³/mol. The fourth-order valence-corrected chi connectivity index (χ4v) is 24.2. The lowest BCUT2D eigenvalue weighted by atomic mass is 9.84. The molecule has 9 fully saturated rings. The van der Waals surface area contributed by atoms with Crippen LogP contribution in [-0.2, 0) is 120 Å². The molecule has 12 aliphatic rings. The summed E-state index contributed by atoms with van der Waals surface area (Å²) in [5, 5.41) is 32.5. The lowest BCUT2D eigenvalue weighted by molar-refractivity contribution is -0.142. The Kier molecular flexibility index (Phi) is 30.3. The van der Waals surface area contributed by atoms with Crippen LogP contribution in [0.3, 0.4) is 0 Å². The number of pyridine rings is 3. The zero-order valence-electron chi connectivity index (χ0n) is 83.8. The van der Waals surface area contributed by atoms with Crippen molar-refractivity contribution in [1.29, 1.82) is 0 Å². The van der Waals surface area contributed by atoms with E-state index in [4.69, 9.17) is 15.1 Å². The van der Waals surface area contributed by atoms with Crippen LogP contribution in [0, 0.1) is 37.0 Å². The number of nitrogens with zero attached hydrogens (tertiary/aromatic N) is 12. The van der Waals surface area contributed by atoms with Gasteiger partial charge in [-0.25, -0.2) is 15.0 Å². The Bertz CT molecular complexity index is 6930. The molecule has 6 aliphatic heterocycles. The Morgan fingerprint density at radius 2 is 0.723 bits per heavy atom. The van der Waals surface area contributed by atoms with E-state index >= 15 is 0 Å². The lowest BCUT2D eigenvalue weighted by Gasteiger charge is -2.27. The van der Waals surface area contributed by atoms with Crippen molar-refractivity contribution in [3.63, 3.8) is 0 Å². The van der Waals surface area contributed by atoms with Crippen molar-refractivity contribution in [2.75, 3.05) is 0 Å². The van der Waals surface area contributed by atoms with Crippen molar-refractivity contribution in [2.45, 2.75) is 358 Å². The number of hydrogen-bond donors (Lipinski definition) is 2. The van der Waals surface area contributed by atoms with Crippen LogP contribution in [0.25, 0.3) is 32.7 Å². The highest BCUT2D eigenvalue weighted by atomic mass is 79.9. The van der Waals surface area contributed by atoms with Crippen LogP contribution in [-0.4, -0.2) is 182 Å². The van der Waals surface area contributed by atoms with Gasteiger partial charge in [-0.1, -0.05) is 96.2 Å². The standard InChI is InChI=1S/C37H41F3N4O4.C37H39F3N4O4.C34H34BrF3N4O4.C3H7BO2/c2*1-21-9-12-31(37(38,39)40)41-28(21)17-30(47)29-18-36-14-13-26(46)8-6-4-3-5-7-24-15-25(23-10-11-23)16-27-34(22(2)45)42-43(35(24)27)20-33(48)44(29)32(36)19-36;1-19-9-10-28(34(36,37)38)39-25(19)15-27(45)26-16-33-12-11-23(44)8-6-4-3-5-7-21-13-22(35)14-24-31(20(2)43)40-41(32(21)24)18-30(46)42(26)29(33)17-33;5-4(6)3-1-2-3/h9,12,15-16,23,29,32H,3-8,10-11,13-14,17-20H2,1-2H3;3,5,9,12,15-16,23,29,32H,4,6-8,10-11,13-14,17-20H2,1-2H3;3,5,9-10,13-14,26,29H,4,6-8,11-12,15-18H2,1-2H3;3,5-6H,1-2H2/b;2*5-3+;/t29?,32-,36+;29-,32+,36-;26-,29+,33-;/m100./s1. The molecule has 0 spiro atoms. The topological polar surface area (TPSA) is 347 Å². The molecule has 9 atom stereocenters. The number of amides is 3. The van der Waals surface area contributed by atoms with Crippen molar-refractivity contribution in [1.82, 2.24) is 59.0 Å². The van der Waals surface area contributed by atoms with E-state index in [2.05, 4.69) is 65.4 Å². The minimum absolute atomic E-state index is 0.0268. The van der Waals surface area contributed by atoms with Gasteiger partial charge in [-0.05, 0) is 283 Å². The maximum Gasteiger partial charge on any atom is 0.454 e. The van der Waals surface area contributed by atoms with E-state index in [0.717, 1.165) is 151 Å². The van der Waals surface area contributed by atoms with Crippen molar-refractivity contribution in [3.05, 3.63) is 197 Å². The molecule has 26 nitrogen and oxygen atoms in total. The minimum atomic E-state index is -4.66. The van der Waals surface area contributed by atoms with Crippen LogP contribution < -0.4 is 0 Å². The molecule has 6 saturated carbocycles. The highest BCUT2D eigenvalue weighted by Crippen LogP contribution is 2.66. The third kappa shape index (κ3) is 23.1. The highest BCUT2D eigenvalue weighted by Gasteiger charge is 2.69.